The molecule has 3 aliphatic heterocycles. The number of nitrogens with zero attached hydrogens (tertiary/aromatic N) is 8. The van der Waals surface area contributed by atoms with E-state index in [2.05, 4.69) is 51.6 Å². The Morgan fingerprint density at radius 1 is 0.935 bits per heavy atom. The summed E-state index contributed by atoms with van der Waals surface area (Å²) in [4.78, 5) is 15.9. The molecule has 0 N–H and O–H groups in total. The minimum Gasteiger partial charge on any atom is -0.339 e. The van der Waals surface area contributed by atoms with E-state index >= 15 is 0 Å². The van der Waals surface area contributed by atoms with Crippen molar-refractivity contribution in [2.24, 2.45) is 5.41 Å². The third-order valence-electron chi connectivity index (χ3n) is 7.00. The van der Waals surface area contributed by atoms with E-state index in [0.29, 0.717) is 11.5 Å². The summed E-state index contributed by atoms with van der Waals surface area (Å²) in [5, 5.41) is 10.0. The van der Waals surface area contributed by atoms with Gasteiger partial charge in [-0.1, -0.05) is 11.6 Å². The molecule has 4 aliphatic rings. The lowest BCUT2D eigenvalue weighted by molar-refractivity contribution is 0.152. The maximum absolute atomic E-state index is 6.36. The second-order valence-electron chi connectivity index (χ2n) is 9.42. The van der Waals surface area contributed by atoms with Crippen molar-refractivity contribution in [1.82, 2.24) is 29.6 Å². The van der Waals surface area contributed by atoms with E-state index in [-0.39, 0.29) is 0 Å². The highest BCUT2D eigenvalue weighted by Crippen LogP contribution is 2.44. The molecule has 158 valence electrons. The zero-order valence-corrected chi connectivity index (χ0v) is 17.9. The topological polar surface area (TPSA) is 66.2 Å². The smallest absolute Gasteiger partial charge is 0.231 e. The fourth-order valence-electron chi connectivity index (χ4n) is 5.38. The van der Waals surface area contributed by atoms with Gasteiger partial charge in [-0.3, -0.25) is 9.47 Å². The van der Waals surface area contributed by atoms with Crippen molar-refractivity contribution in [2.75, 3.05) is 36.0 Å². The van der Waals surface area contributed by atoms with E-state index < -0.39 is 0 Å². The molecule has 0 amide bonds. The van der Waals surface area contributed by atoms with Gasteiger partial charge in [0.05, 0.1) is 12.2 Å². The summed E-state index contributed by atoms with van der Waals surface area (Å²) in [5.74, 6) is 2.81. The molecule has 2 saturated heterocycles. The van der Waals surface area contributed by atoms with Gasteiger partial charge in [0.25, 0.3) is 0 Å². The Labute approximate surface area is 185 Å². The Balaban J connectivity index is 1.16. The van der Waals surface area contributed by atoms with Crippen LogP contribution in [0.3, 0.4) is 0 Å². The van der Waals surface area contributed by atoms with E-state index in [0.717, 1.165) is 67.7 Å². The molecule has 1 aliphatic carbocycles. The molecule has 7 rings (SSSR count). The van der Waals surface area contributed by atoms with Crippen molar-refractivity contribution < 1.29 is 0 Å². The second kappa shape index (κ2) is 6.40. The maximum Gasteiger partial charge on any atom is 0.231 e. The minimum atomic E-state index is 0.305. The van der Waals surface area contributed by atoms with E-state index in [9.17, 15) is 0 Å². The third kappa shape index (κ3) is 2.85. The fourth-order valence-corrected chi connectivity index (χ4v) is 5.57. The normalized spacial score (nSPS) is 21.8. The molecule has 3 aromatic rings. The SMILES string of the molecule is Clc1ccc2c(c1)CN(C1CC1)Cc1nnc(N3CC4(CN(c5ncccn5)C4)C3)n1-2. The van der Waals surface area contributed by atoms with Gasteiger partial charge in [-0.2, -0.15) is 0 Å². The number of hydrogen-bond donors (Lipinski definition) is 0. The molecule has 8 nitrogen and oxygen atoms in total. The highest BCUT2D eigenvalue weighted by atomic mass is 35.5. The summed E-state index contributed by atoms with van der Waals surface area (Å²) in [5.41, 5.74) is 2.72. The molecule has 3 fully saturated rings. The molecule has 0 bridgehead atoms. The van der Waals surface area contributed by atoms with E-state index in [1.165, 1.54) is 18.4 Å². The van der Waals surface area contributed by atoms with Crippen molar-refractivity contribution in [1.29, 1.82) is 0 Å². The zero-order valence-electron chi connectivity index (χ0n) is 17.2. The van der Waals surface area contributed by atoms with Crippen LogP contribution in [0.1, 0.15) is 24.2 Å². The van der Waals surface area contributed by atoms with Crippen LogP contribution in [0.4, 0.5) is 11.9 Å². The van der Waals surface area contributed by atoms with Crippen LogP contribution in [0.2, 0.25) is 5.02 Å². The average Bonchev–Trinajstić information content (AvgIpc) is 3.50. The largest absolute Gasteiger partial charge is 0.339 e. The highest BCUT2D eigenvalue weighted by molar-refractivity contribution is 6.30. The van der Waals surface area contributed by atoms with Crippen molar-refractivity contribution in [3.05, 3.63) is 53.1 Å². The number of benzene rings is 1. The van der Waals surface area contributed by atoms with E-state index in [1.54, 1.807) is 12.4 Å². The van der Waals surface area contributed by atoms with Gasteiger partial charge >= 0.3 is 0 Å². The van der Waals surface area contributed by atoms with Crippen LogP contribution in [-0.2, 0) is 13.1 Å². The summed E-state index contributed by atoms with van der Waals surface area (Å²) in [6.07, 6.45) is 6.15. The van der Waals surface area contributed by atoms with E-state index in [1.807, 2.05) is 12.1 Å². The van der Waals surface area contributed by atoms with Gasteiger partial charge in [0.2, 0.25) is 11.9 Å². The summed E-state index contributed by atoms with van der Waals surface area (Å²) in [6.45, 7) is 5.72. The first kappa shape index (κ1) is 17.9. The van der Waals surface area contributed by atoms with Crippen LogP contribution in [0.25, 0.3) is 5.69 Å². The standard InChI is InChI=1S/C22H23ClN8/c23-16-2-5-18-15(8-16)9-28(17-3-4-17)10-19-26-27-21(31(18)19)30-13-22(14-30)11-29(12-22)20-24-6-1-7-25-20/h1-2,5-8,17H,3-4,9-14H2. The molecule has 1 saturated carbocycles. The highest BCUT2D eigenvalue weighted by Gasteiger charge is 2.54. The Morgan fingerprint density at radius 2 is 1.71 bits per heavy atom. The number of aromatic nitrogens is 5. The fraction of sp³-hybridized carbons (Fsp3) is 0.455. The van der Waals surface area contributed by atoms with Crippen LogP contribution < -0.4 is 9.80 Å². The molecule has 0 unspecified atom stereocenters. The summed E-state index contributed by atoms with van der Waals surface area (Å²) < 4.78 is 2.26. The van der Waals surface area contributed by atoms with Gasteiger partial charge < -0.3 is 9.80 Å². The van der Waals surface area contributed by atoms with Gasteiger partial charge in [-0.05, 0) is 42.7 Å². The predicted octanol–water partition coefficient (Wildman–Crippen LogP) is 2.52. The van der Waals surface area contributed by atoms with Gasteiger partial charge in [0.15, 0.2) is 5.82 Å². The van der Waals surface area contributed by atoms with Gasteiger partial charge in [-0.15, -0.1) is 10.2 Å². The molecule has 5 heterocycles. The Kier molecular flexibility index (Phi) is 3.70. The first-order chi connectivity index (χ1) is 15.2. The lowest BCUT2D eigenvalue weighted by Crippen LogP contribution is -2.73. The Hall–Kier alpha value is -2.71. The number of anilines is 2. The molecule has 1 spiro atoms. The number of fused-ring (bicyclic) bond motifs is 3. The lowest BCUT2D eigenvalue weighted by Gasteiger charge is -2.60. The van der Waals surface area contributed by atoms with Gasteiger partial charge in [-0.25, -0.2) is 9.97 Å². The first-order valence-corrected chi connectivity index (χ1v) is 11.3. The van der Waals surface area contributed by atoms with Crippen molar-refractivity contribution in [3.8, 4) is 5.69 Å². The van der Waals surface area contributed by atoms with Crippen LogP contribution in [0.15, 0.2) is 36.7 Å². The summed E-state index contributed by atoms with van der Waals surface area (Å²) >= 11 is 6.36. The molecule has 2 aromatic heterocycles. The van der Waals surface area contributed by atoms with Crippen LogP contribution >= 0.6 is 11.6 Å². The van der Waals surface area contributed by atoms with Crippen LogP contribution in [0, 0.1) is 5.41 Å². The summed E-state index contributed by atoms with van der Waals surface area (Å²) in [6, 6.07) is 8.72. The predicted molar refractivity (Wildman–Crippen MR) is 118 cm³/mol. The zero-order chi connectivity index (χ0) is 20.6. The Bertz CT molecular complexity index is 1140. The molecule has 0 radical (unpaired) electrons. The van der Waals surface area contributed by atoms with Crippen molar-refractivity contribution >= 4 is 23.5 Å². The number of rotatable bonds is 3. The van der Waals surface area contributed by atoms with Gasteiger partial charge in [0, 0.05) is 61.6 Å². The molecule has 0 atom stereocenters. The third-order valence-corrected chi connectivity index (χ3v) is 7.23. The molecule has 31 heavy (non-hydrogen) atoms. The summed E-state index contributed by atoms with van der Waals surface area (Å²) in [7, 11) is 0. The molecule has 9 heteroatoms. The van der Waals surface area contributed by atoms with Crippen LogP contribution in [-0.4, -0.2) is 61.9 Å². The van der Waals surface area contributed by atoms with Crippen molar-refractivity contribution in [3.63, 3.8) is 0 Å². The molecular formula is C22H23ClN8. The number of halogens is 1. The average molecular weight is 435 g/mol. The Morgan fingerprint density at radius 3 is 2.48 bits per heavy atom. The maximum atomic E-state index is 6.36. The van der Waals surface area contributed by atoms with E-state index in [4.69, 9.17) is 11.6 Å². The minimum absolute atomic E-state index is 0.305. The quantitative estimate of drug-likeness (QED) is 0.627. The first-order valence-electron chi connectivity index (χ1n) is 10.9. The second-order valence-corrected chi connectivity index (χ2v) is 9.86. The molecular weight excluding hydrogens is 412 g/mol. The lowest BCUT2D eigenvalue weighted by atomic mass is 9.73. The number of hydrogen-bond acceptors (Lipinski definition) is 7. The molecule has 1 aromatic carbocycles. The van der Waals surface area contributed by atoms with Crippen LogP contribution in [0.5, 0.6) is 0 Å². The van der Waals surface area contributed by atoms with Gasteiger partial charge in [0.1, 0.15) is 0 Å². The van der Waals surface area contributed by atoms with Crippen molar-refractivity contribution in [2.45, 2.75) is 32.0 Å². The monoisotopic (exact) mass is 434 g/mol.